The van der Waals surface area contributed by atoms with Crippen molar-refractivity contribution in [2.75, 3.05) is 5.73 Å². The Labute approximate surface area is 97.5 Å². The first kappa shape index (κ1) is 9.65. The highest BCUT2D eigenvalue weighted by Crippen LogP contribution is 2.22. The first-order valence-electron chi connectivity index (χ1n) is 5.14. The zero-order valence-electron chi connectivity index (χ0n) is 8.95. The van der Waals surface area contributed by atoms with Gasteiger partial charge in [0.05, 0.1) is 6.20 Å². The normalized spacial score (nSPS) is 10.6. The lowest BCUT2D eigenvalue weighted by atomic mass is 10.3. The second kappa shape index (κ2) is 3.79. The number of hydrogen-bond acceptors (Lipinski definition) is 4. The number of anilines is 1. The molecular formula is C12H10N4O. The number of hydrogen-bond donors (Lipinski definition) is 1. The van der Waals surface area contributed by atoms with Crippen molar-refractivity contribution in [3.05, 3.63) is 48.9 Å². The van der Waals surface area contributed by atoms with Crippen LogP contribution in [0.25, 0.3) is 5.65 Å². The molecule has 0 fully saturated rings. The zero-order chi connectivity index (χ0) is 11.7. The van der Waals surface area contributed by atoms with Crippen LogP contribution >= 0.6 is 0 Å². The van der Waals surface area contributed by atoms with Gasteiger partial charge in [0.1, 0.15) is 17.8 Å². The van der Waals surface area contributed by atoms with Crippen LogP contribution in [-0.2, 0) is 0 Å². The quantitative estimate of drug-likeness (QED) is 0.679. The van der Waals surface area contributed by atoms with Crippen molar-refractivity contribution in [2.45, 2.75) is 0 Å². The van der Waals surface area contributed by atoms with Gasteiger partial charge in [-0.25, -0.2) is 9.50 Å². The Morgan fingerprint density at radius 1 is 1.00 bits per heavy atom. The molecule has 0 aliphatic rings. The summed E-state index contributed by atoms with van der Waals surface area (Å²) in [5.41, 5.74) is 7.10. The molecule has 84 valence electrons. The van der Waals surface area contributed by atoms with E-state index in [2.05, 4.69) is 10.1 Å². The Hall–Kier alpha value is -2.56. The summed E-state index contributed by atoms with van der Waals surface area (Å²) in [6.07, 6.45) is 3.28. The minimum absolute atomic E-state index is 0.702. The fourth-order valence-electron chi connectivity index (χ4n) is 1.53. The fraction of sp³-hybridized carbons (Fsp3) is 0. The summed E-state index contributed by atoms with van der Waals surface area (Å²) in [4.78, 5) is 4.06. The van der Waals surface area contributed by atoms with E-state index in [1.165, 1.54) is 6.33 Å². The van der Waals surface area contributed by atoms with Gasteiger partial charge in [-0.15, -0.1) is 0 Å². The van der Waals surface area contributed by atoms with Crippen LogP contribution in [0.1, 0.15) is 0 Å². The van der Waals surface area contributed by atoms with Crippen LogP contribution in [-0.4, -0.2) is 14.6 Å². The largest absolute Gasteiger partial charge is 0.456 e. The molecule has 0 unspecified atom stereocenters. The molecular weight excluding hydrogens is 216 g/mol. The van der Waals surface area contributed by atoms with E-state index in [0.29, 0.717) is 11.4 Å². The minimum atomic E-state index is 0.702. The molecule has 0 aliphatic carbocycles. The molecule has 2 aromatic heterocycles. The van der Waals surface area contributed by atoms with Gasteiger partial charge in [-0.3, -0.25) is 0 Å². The van der Waals surface area contributed by atoms with E-state index in [0.717, 1.165) is 11.4 Å². The van der Waals surface area contributed by atoms with Crippen LogP contribution in [0, 0.1) is 0 Å². The van der Waals surface area contributed by atoms with Crippen molar-refractivity contribution < 1.29 is 4.74 Å². The molecule has 0 saturated heterocycles. The Kier molecular flexibility index (Phi) is 2.15. The molecule has 3 rings (SSSR count). The van der Waals surface area contributed by atoms with E-state index in [-0.39, 0.29) is 0 Å². The average molecular weight is 226 g/mol. The monoisotopic (exact) mass is 226 g/mol. The third-order valence-corrected chi connectivity index (χ3v) is 2.36. The SMILES string of the molecule is Nc1ccc(Oc2ccc3ncnn3c2)cc1. The summed E-state index contributed by atoms with van der Waals surface area (Å²) in [5.74, 6) is 1.44. The van der Waals surface area contributed by atoms with Gasteiger partial charge >= 0.3 is 0 Å². The number of fused-ring (bicyclic) bond motifs is 1. The van der Waals surface area contributed by atoms with Crippen LogP contribution in [0.15, 0.2) is 48.9 Å². The summed E-state index contributed by atoms with van der Waals surface area (Å²) in [7, 11) is 0. The Balaban J connectivity index is 1.91. The lowest BCUT2D eigenvalue weighted by Crippen LogP contribution is -1.90. The number of ether oxygens (including phenoxy) is 1. The van der Waals surface area contributed by atoms with Gasteiger partial charge in [-0.1, -0.05) is 0 Å². The molecule has 2 N–H and O–H groups in total. The zero-order valence-corrected chi connectivity index (χ0v) is 8.95. The molecule has 0 atom stereocenters. The molecule has 3 aromatic rings. The van der Waals surface area contributed by atoms with Gasteiger partial charge in [0.15, 0.2) is 5.65 Å². The van der Waals surface area contributed by atoms with Crippen LogP contribution in [0.4, 0.5) is 5.69 Å². The highest BCUT2D eigenvalue weighted by molar-refractivity contribution is 5.44. The molecule has 2 heterocycles. The molecule has 0 amide bonds. The summed E-state index contributed by atoms with van der Waals surface area (Å²) in [5, 5.41) is 4.04. The highest BCUT2D eigenvalue weighted by atomic mass is 16.5. The van der Waals surface area contributed by atoms with Crippen molar-refractivity contribution in [2.24, 2.45) is 0 Å². The predicted molar refractivity (Wildman–Crippen MR) is 63.9 cm³/mol. The van der Waals surface area contributed by atoms with Crippen LogP contribution in [0.3, 0.4) is 0 Å². The van der Waals surface area contributed by atoms with E-state index in [1.54, 1.807) is 22.8 Å². The third kappa shape index (κ3) is 1.90. The smallest absolute Gasteiger partial charge is 0.155 e. The van der Waals surface area contributed by atoms with Crippen molar-refractivity contribution in [3.63, 3.8) is 0 Å². The van der Waals surface area contributed by atoms with Gasteiger partial charge in [0, 0.05) is 5.69 Å². The molecule has 5 heteroatoms. The Morgan fingerprint density at radius 2 is 1.76 bits per heavy atom. The highest BCUT2D eigenvalue weighted by Gasteiger charge is 2.00. The Morgan fingerprint density at radius 3 is 2.59 bits per heavy atom. The first-order valence-corrected chi connectivity index (χ1v) is 5.14. The molecule has 1 aromatic carbocycles. The maximum atomic E-state index is 5.67. The minimum Gasteiger partial charge on any atom is -0.456 e. The second-order valence-corrected chi connectivity index (χ2v) is 3.60. The van der Waals surface area contributed by atoms with Gasteiger partial charge in [0.2, 0.25) is 0 Å². The van der Waals surface area contributed by atoms with Gasteiger partial charge in [-0.2, -0.15) is 5.10 Å². The van der Waals surface area contributed by atoms with Crippen LogP contribution in [0.5, 0.6) is 11.5 Å². The molecule has 0 spiro atoms. The first-order chi connectivity index (χ1) is 8.31. The number of nitrogen functional groups attached to an aromatic ring is 1. The molecule has 0 aliphatic heterocycles. The van der Waals surface area contributed by atoms with Gasteiger partial charge in [-0.05, 0) is 36.4 Å². The molecule has 0 radical (unpaired) electrons. The lowest BCUT2D eigenvalue weighted by molar-refractivity contribution is 0.478. The summed E-state index contributed by atoms with van der Waals surface area (Å²) < 4.78 is 7.33. The second-order valence-electron chi connectivity index (χ2n) is 3.60. The molecule has 0 bridgehead atoms. The number of pyridine rings is 1. The molecule has 5 nitrogen and oxygen atoms in total. The third-order valence-electron chi connectivity index (χ3n) is 2.36. The van der Waals surface area contributed by atoms with E-state index < -0.39 is 0 Å². The van der Waals surface area contributed by atoms with E-state index in [9.17, 15) is 0 Å². The maximum Gasteiger partial charge on any atom is 0.155 e. The van der Waals surface area contributed by atoms with Crippen molar-refractivity contribution in [1.29, 1.82) is 0 Å². The van der Waals surface area contributed by atoms with Gasteiger partial charge in [0.25, 0.3) is 0 Å². The summed E-state index contributed by atoms with van der Waals surface area (Å²) in [6.45, 7) is 0. The standard InChI is InChI=1S/C12H10N4O/c13-9-1-3-10(4-2-9)17-11-5-6-12-14-8-15-16(12)7-11/h1-8H,13H2. The van der Waals surface area contributed by atoms with Crippen LogP contribution < -0.4 is 10.5 Å². The number of nitrogens with zero attached hydrogens (tertiary/aromatic N) is 3. The number of aromatic nitrogens is 3. The topological polar surface area (TPSA) is 65.4 Å². The maximum absolute atomic E-state index is 5.67. The van der Waals surface area contributed by atoms with Gasteiger partial charge < -0.3 is 10.5 Å². The van der Waals surface area contributed by atoms with Crippen molar-refractivity contribution in [1.82, 2.24) is 14.6 Å². The summed E-state index contributed by atoms with van der Waals surface area (Å²) >= 11 is 0. The number of rotatable bonds is 2. The molecule has 0 saturated carbocycles. The van der Waals surface area contributed by atoms with Crippen molar-refractivity contribution in [3.8, 4) is 11.5 Å². The number of benzene rings is 1. The van der Waals surface area contributed by atoms with E-state index in [4.69, 9.17) is 10.5 Å². The summed E-state index contributed by atoms with van der Waals surface area (Å²) in [6, 6.07) is 10.9. The fourth-order valence-corrected chi connectivity index (χ4v) is 1.53. The van der Waals surface area contributed by atoms with E-state index >= 15 is 0 Å². The number of nitrogens with two attached hydrogens (primary N) is 1. The molecule has 17 heavy (non-hydrogen) atoms. The lowest BCUT2D eigenvalue weighted by Gasteiger charge is -2.05. The average Bonchev–Trinajstić information content (AvgIpc) is 2.79. The Bertz CT molecular complexity index is 645. The van der Waals surface area contributed by atoms with E-state index in [1.807, 2.05) is 24.3 Å². The van der Waals surface area contributed by atoms with Crippen LogP contribution in [0.2, 0.25) is 0 Å². The predicted octanol–water partition coefficient (Wildman–Crippen LogP) is 2.10. The van der Waals surface area contributed by atoms with Crippen molar-refractivity contribution >= 4 is 11.3 Å².